The first kappa shape index (κ1) is 11.9. The maximum atomic E-state index is 3.74. The number of thiophene rings is 1. The lowest BCUT2D eigenvalue weighted by atomic mass is 10.00. The van der Waals surface area contributed by atoms with Crippen LogP contribution >= 0.6 is 27.3 Å². The van der Waals surface area contributed by atoms with Crippen LogP contribution < -0.4 is 0 Å². The molecule has 1 aromatic carbocycles. The second-order valence-electron chi connectivity index (χ2n) is 4.24. The van der Waals surface area contributed by atoms with Crippen LogP contribution in [0.15, 0.2) is 41.1 Å². The Balaban J connectivity index is 2.22. The Hall–Kier alpha value is -0.600. The highest BCUT2D eigenvalue weighted by atomic mass is 79.9. The van der Waals surface area contributed by atoms with E-state index in [0.29, 0.717) is 10.7 Å². The molecule has 2 rings (SSSR count). The van der Waals surface area contributed by atoms with Crippen molar-refractivity contribution in [1.82, 2.24) is 0 Å². The van der Waals surface area contributed by atoms with Crippen molar-refractivity contribution in [3.63, 3.8) is 0 Å². The third-order valence-corrected chi connectivity index (χ3v) is 4.49. The van der Waals surface area contributed by atoms with Gasteiger partial charge < -0.3 is 0 Å². The molecule has 0 radical (unpaired) electrons. The fraction of sp³-hybridized carbons (Fsp3) is 0.286. The molecule has 84 valence electrons. The van der Waals surface area contributed by atoms with E-state index < -0.39 is 0 Å². The summed E-state index contributed by atoms with van der Waals surface area (Å²) in [5.41, 5.74) is 4.05. The number of hydrogen-bond acceptors (Lipinski definition) is 1. The summed E-state index contributed by atoms with van der Waals surface area (Å²) in [7, 11) is 0. The van der Waals surface area contributed by atoms with Crippen LogP contribution in [-0.4, -0.2) is 0 Å². The molecule has 0 N–H and O–H groups in total. The third kappa shape index (κ3) is 2.55. The van der Waals surface area contributed by atoms with Crippen molar-refractivity contribution in [2.45, 2.75) is 24.6 Å². The molecule has 2 aromatic rings. The van der Waals surface area contributed by atoms with E-state index >= 15 is 0 Å². The Bertz CT molecular complexity index is 428. The quantitative estimate of drug-likeness (QED) is 0.669. The highest BCUT2D eigenvalue weighted by Gasteiger charge is 2.10. The fourth-order valence-electron chi connectivity index (χ4n) is 1.66. The van der Waals surface area contributed by atoms with Gasteiger partial charge in [0.25, 0.3) is 0 Å². The van der Waals surface area contributed by atoms with Gasteiger partial charge in [0.1, 0.15) is 0 Å². The molecule has 16 heavy (non-hydrogen) atoms. The molecule has 1 unspecified atom stereocenters. The average Bonchev–Trinajstić information content (AvgIpc) is 2.81. The lowest BCUT2D eigenvalue weighted by Gasteiger charge is -2.11. The van der Waals surface area contributed by atoms with Gasteiger partial charge in [-0.15, -0.1) is 0 Å². The van der Waals surface area contributed by atoms with Crippen molar-refractivity contribution in [1.29, 1.82) is 0 Å². The fourth-order valence-corrected chi connectivity index (χ4v) is 3.11. The molecule has 1 atom stereocenters. The van der Waals surface area contributed by atoms with Gasteiger partial charge in [-0.1, -0.05) is 54.0 Å². The lowest BCUT2D eigenvalue weighted by Crippen LogP contribution is -1.92. The van der Waals surface area contributed by atoms with Gasteiger partial charge in [0.2, 0.25) is 0 Å². The van der Waals surface area contributed by atoms with Gasteiger partial charge in [0, 0.05) is 0 Å². The topological polar surface area (TPSA) is 0 Å². The molecule has 0 amide bonds. The zero-order valence-electron chi connectivity index (χ0n) is 9.48. The molecular weight excluding hydrogens is 280 g/mol. The molecule has 1 heterocycles. The molecule has 0 saturated carbocycles. The van der Waals surface area contributed by atoms with Crippen LogP contribution in [0.25, 0.3) is 0 Å². The predicted octanol–water partition coefficient (Wildman–Crippen LogP) is 5.36. The summed E-state index contributed by atoms with van der Waals surface area (Å²) in [4.78, 5) is 0.319. The monoisotopic (exact) mass is 294 g/mol. The zero-order valence-corrected chi connectivity index (χ0v) is 11.9. The Kier molecular flexibility index (Phi) is 3.82. The lowest BCUT2D eigenvalue weighted by molar-refractivity contribution is 0.865. The van der Waals surface area contributed by atoms with Gasteiger partial charge in [-0.2, -0.15) is 11.3 Å². The number of hydrogen-bond donors (Lipinski definition) is 0. The minimum atomic E-state index is 0.319. The van der Waals surface area contributed by atoms with E-state index in [1.165, 1.54) is 16.7 Å². The van der Waals surface area contributed by atoms with Crippen LogP contribution in [0.3, 0.4) is 0 Å². The van der Waals surface area contributed by atoms with E-state index in [0.717, 1.165) is 0 Å². The zero-order chi connectivity index (χ0) is 11.5. The second-order valence-corrected chi connectivity index (χ2v) is 5.94. The van der Waals surface area contributed by atoms with E-state index in [4.69, 9.17) is 0 Å². The summed E-state index contributed by atoms with van der Waals surface area (Å²) >= 11 is 5.48. The summed E-state index contributed by atoms with van der Waals surface area (Å²) in [5, 5.41) is 4.31. The number of alkyl halides is 1. The largest absolute Gasteiger partial charge is 0.152 e. The molecule has 0 bridgehead atoms. The van der Waals surface area contributed by atoms with E-state index in [1.54, 1.807) is 11.3 Å². The summed E-state index contributed by atoms with van der Waals surface area (Å²) in [6.45, 7) is 4.44. The van der Waals surface area contributed by atoms with E-state index in [9.17, 15) is 0 Å². The standard InChI is InChI=1S/C14H15BrS/c1-10(2)11-3-5-12(6-4-11)14(15)13-7-8-16-9-13/h3-10,14H,1-2H3. The number of rotatable bonds is 3. The summed E-state index contributed by atoms with van der Waals surface area (Å²) in [5.74, 6) is 0.601. The molecule has 0 fully saturated rings. The van der Waals surface area contributed by atoms with Crippen molar-refractivity contribution >= 4 is 27.3 Å². The average molecular weight is 295 g/mol. The Morgan fingerprint density at radius 1 is 0.938 bits per heavy atom. The Morgan fingerprint density at radius 2 is 1.56 bits per heavy atom. The minimum absolute atomic E-state index is 0.319. The molecule has 0 aliphatic carbocycles. The summed E-state index contributed by atoms with van der Waals surface area (Å²) in [6, 6.07) is 11.0. The minimum Gasteiger partial charge on any atom is -0.152 e. The molecule has 0 aliphatic rings. The van der Waals surface area contributed by atoms with Gasteiger partial charge in [-0.3, -0.25) is 0 Å². The van der Waals surface area contributed by atoms with Gasteiger partial charge in [0.05, 0.1) is 4.83 Å². The summed E-state index contributed by atoms with van der Waals surface area (Å²) in [6.07, 6.45) is 0. The SMILES string of the molecule is CC(C)c1ccc(C(Br)c2ccsc2)cc1. The van der Waals surface area contributed by atoms with Gasteiger partial charge in [-0.05, 0) is 39.4 Å². The van der Waals surface area contributed by atoms with E-state index in [2.05, 4.69) is 70.9 Å². The maximum absolute atomic E-state index is 3.74. The molecule has 2 heteroatoms. The van der Waals surface area contributed by atoms with Crippen molar-refractivity contribution in [3.05, 3.63) is 57.8 Å². The molecule has 0 aliphatic heterocycles. The maximum Gasteiger partial charge on any atom is 0.0652 e. The van der Waals surface area contributed by atoms with Crippen molar-refractivity contribution in [2.75, 3.05) is 0 Å². The normalized spacial score (nSPS) is 13.0. The smallest absolute Gasteiger partial charge is 0.0652 e. The highest BCUT2D eigenvalue weighted by Crippen LogP contribution is 2.32. The van der Waals surface area contributed by atoms with Gasteiger partial charge in [0.15, 0.2) is 0 Å². The van der Waals surface area contributed by atoms with Gasteiger partial charge >= 0.3 is 0 Å². The predicted molar refractivity (Wildman–Crippen MR) is 75.6 cm³/mol. The van der Waals surface area contributed by atoms with Crippen molar-refractivity contribution < 1.29 is 0 Å². The Labute approximate surface area is 109 Å². The molecular formula is C14H15BrS. The van der Waals surface area contributed by atoms with Crippen LogP contribution in [0.2, 0.25) is 0 Å². The first-order chi connectivity index (χ1) is 7.68. The van der Waals surface area contributed by atoms with E-state index in [-0.39, 0.29) is 0 Å². The van der Waals surface area contributed by atoms with E-state index in [1.807, 2.05) is 0 Å². The first-order valence-electron chi connectivity index (χ1n) is 5.44. The molecule has 0 spiro atoms. The van der Waals surface area contributed by atoms with Crippen molar-refractivity contribution in [3.8, 4) is 0 Å². The van der Waals surface area contributed by atoms with Crippen molar-refractivity contribution in [2.24, 2.45) is 0 Å². The molecule has 0 saturated heterocycles. The van der Waals surface area contributed by atoms with Crippen LogP contribution in [0.1, 0.15) is 41.3 Å². The number of halogens is 1. The van der Waals surface area contributed by atoms with Gasteiger partial charge in [-0.25, -0.2) is 0 Å². The molecule has 0 nitrogen and oxygen atoms in total. The third-order valence-electron chi connectivity index (χ3n) is 2.73. The van der Waals surface area contributed by atoms with Crippen LogP contribution in [-0.2, 0) is 0 Å². The Morgan fingerprint density at radius 3 is 2.06 bits per heavy atom. The van der Waals surface area contributed by atoms with Crippen LogP contribution in [0.5, 0.6) is 0 Å². The summed E-state index contributed by atoms with van der Waals surface area (Å²) < 4.78 is 0. The second kappa shape index (κ2) is 5.15. The number of benzene rings is 1. The van der Waals surface area contributed by atoms with Crippen LogP contribution in [0.4, 0.5) is 0 Å². The highest BCUT2D eigenvalue weighted by molar-refractivity contribution is 9.09. The first-order valence-corrected chi connectivity index (χ1v) is 7.30. The molecule has 1 aromatic heterocycles. The van der Waals surface area contributed by atoms with Crippen LogP contribution in [0, 0.1) is 0 Å².